The molecule has 0 aliphatic heterocycles. The molecule has 19 heavy (non-hydrogen) atoms. The summed E-state index contributed by atoms with van der Waals surface area (Å²) in [6.07, 6.45) is 1.82. The van der Waals surface area contributed by atoms with Crippen LogP contribution in [0.4, 0.5) is 0 Å². The molecule has 0 saturated carbocycles. The smallest absolute Gasteiger partial charge is 0.230 e. The number of hydrogen-bond donors (Lipinski definition) is 1. The van der Waals surface area contributed by atoms with Crippen LogP contribution in [-0.4, -0.2) is 10.9 Å². The summed E-state index contributed by atoms with van der Waals surface area (Å²) in [5, 5.41) is 4.00. The summed E-state index contributed by atoms with van der Waals surface area (Å²) < 4.78 is 0. The molecule has 0 aliphatic carbocycles. The molecule has 0 unspecified atom stereocenters. The summed E-state index contributed by atoms with van der Waals surface area (Å²) >= 11 is 1.61. The van der Waals surface area contributed by atoms with Crippen LogP contribution in [0.5, 0.6) is 0 Å². The van der Waals surface area contributed by atoms with Crippen LogP contribution in [0.1, 0.15) is 29.3 Å². The fraction of sp³-hybridized carbons (Fsp3) is 0.333. The lowest BCUT2D eigenvalue weighted by molar-refractivity contribution is -0.125. The average molecular weight is 274 g/mol. The first-order valence-electron chi connectivity index (χ1n) is 6.25. The fourth-order valence-corrected chi connectivity index (χ4v) is 2.60. The average Bonchev–Trinajstić information content (AvgIpc) is 2.82. The van der Waals surface area contributed by atoms with Crippen LogP contribution in [0.2, 0.25) is 0 Å². The van der Waals surface area contributed by atoms with Gasteiger partial charge in [-0.2, -0.15) is 0 Å². The van der Waals surface area contributed by atoms with Crippen molar-refractivity contribution in [2.45, 2.75) is 32.7 Å². The summed E-state index contributed by atoms with van der Waals surface area (Å²) in [5.41, 5.74) is 0.494. The lowest BCUT2D eigenvalue weighted by Gasteiger charge is -2.23. The second-order valence-electron chi connectivity index (χ2n) is 5.02. The van der Waals surface area contributed by atoms with Crippen molar-refractivity contribution < 1.29 is 4.79 Å². The Labute approximate surface area is 117 Å². The molecule has 100 valence electrons. The first-order chi connectivity index (χ1) is 9.00. The summed E-state index contributed by atoms with van der Waals surface area (Å²) in [6, 6.07) is 9.83. The molecule has 0 aliphatic rings. The monoisotopic (exact) mass is 274 g/mol. The second kappa shape index (κ2) is 5.53. The lowest BCUT2D eigenvalue weighted by Crippen LogP contribution is -2.39. The minimum Gasteiger partial charge on any atom is -0.350 e. The minimum absolute atomic E-state index is 0.0322. The Kier molecular flexibility index (Phi) is 4.00. The molecule has 1 heterocycles. The van der Waals surface area contributed by atoms with Gasteiger partial charge < -0.3 is 5.32 Å². The van der Waals surface area contributed by atoms with E-state index in [4.69, 9.17) is 0 Å². The van der Waals surface area contributed by atoms with Crippen LogP contribution in [0.25, 0.3) is 0 Å². The van der Waals surface area contributed by atoms with Gasteiger partial charge in [0.25, 0.3) is 0 Å². The van der Waals surface area contributed by atoms with E-state index < -0.39 is 5.41 Å². The number of benzene rings is 1. The Balaban J connectivity index is 2.03. The summed E-state index contributed by atoms with van der Waals surface area (Å²) in [7, 11) is 0. The van der Waals surface area contributed by atoms with Gasteiger partial charge in [0.05, 0.1) is 17.0 Å². The van der Waals surface area contributed by atoms with Crippen molar-refractivity contribution in [1.29, 1.82) is 0 Å². The number of rotatable bonds is 4. The van der Waals surface area contributed by atoms with Gasteiger partial charge in [-0.05, 0) is 26.3 Å². The van der Waals surface area contributed by atoms with Gasteiger partial charge in [-0.3, -0.25) is 4.79 Å². The third-order valence-corrected chi connectivity index (χ3v) is 4.07. The van der Waals surface area contributed by atoms with Gasteiger partial charge in [-0.1, -0.05) is 30.3 Å². The SMILES string of the molecule is Cc1ncc(CNC(=O)C(C)(C)c2ccccc2)s1. The lowest BCUT2D eigenvalue weighted by atomic mass is 9.84. The molecule has 0 bridgehead atoms. The highest BCUT2D eigenvalue weighted by molar-refractivity contribution is 7.11. The molecule has 0 spiro atoms. The number of nitrogens with one attached hydrogen (secondary N) is 1. The molecule has 2 aromatic rings. The van der Waals surface area contributed by atoms with E-state index in [1.54, 1.807) is 11.3 Å². The van der Waals surface area contributed by atoms with Crippen molar-refractivity contribution in [2.24, 2.45) is 0 Å². The van der Waals surface area contributed by atoms with Crippen LogP contribution in [0, 0.1) is 6.92 Å². The van der Waals surface area contributed by atoms with Gasteiger partial charge in [0, 0.05) is 11.1 Å². The van der Waals surface area contributed by atoms with Gasteiger partial charge in [-0.15, -0.1) is 11.3 Å². The van der Waals surface area contributed by atoms with Gasteiger partial charge in [-0.25, -0.2) is 4.98 Å². The molecule has 2 rings (SSSR count). The van der Waals surface area contributed by atoms with Crippen LogP contribution in [0.3, 0.4) is 0 Å². The second-order valence-corrected chi connectivity index (χ2v) is 6.34. The maximum atomic E-state index is 12.3. The number of hydrogen-bond acceptors (Lipinski definition) is 3. The molecule has 1 aromatic heterocycles. The molecule has 0 atom stereocenters. The summed E-state index contributed by atoms with van der Waals surface area (Å²) in [6.45, 7) is 6.38. The van der Waals surface area contributed by atoms with Crippen molar-refractivity contribution >= 4 is 17.2 Å². The third-order valence-electron chi connectivity index (χ3n) is 3.16. The van der Waals surface area contributed by atoms with E-state index in [-0.39, 0.29) is 5.91 Å². The Morgan fingerprint density at radius 3 is 2.58 bits per heavy atom. The Morgan fingerprint density at radius 2 is 2.00 bits per heavy atom. The van der Waals surface area contributed by atoms with Crippen LogP contribution >= 0.6 is 11.3 Å². The molecule has 1 N–H and O–H groups in total. The van der Waals surface area contributed by atoms with Crippen molar-refractivity contribution in [3.8, 4) is 0 Å². The van der Waals surface area contributed by atoms with Crippen molar-refractivity contribution in [1.82, 2.24) is 10.3 Å². The van der Waals surface area contributed by atoms with E-state index in [1.165, 1.54) is 0 Å². The zero-order valence-electron chi connectivity index (χ0n) is 11.4. The van der Waals surface area contributed by atoms with Crippen molar-refractivity contribution in [2.75, 3.05) is 0 Å². The summed E-state index contributed by atoms with van der Waals surface area (Å²) in [4.78, 5) is 17.6. The largest absolute Gasteiger partial charge is 0.350 e. The molecule has 3 nitrogen and oxygen atoms in total. The number of carbonyl (C=O) groups excluding carboxylic acids is 1. The molecule has 1 aromatic carbocycles. The standard InChI is InChI=1S/C15H18N2OS/c1-11-16-9-13(19-11)10-17-14(18)15(2,3)12-7-5-4-6-8-12/h4-9H,10H2,1-3H3,(H,17,18). The van der Waals surface area contributed by atoms with E-state index in [0.29, 0.717) is 6.54 Å². The third kappa shape index (κ3) is 3.20. The van der Waals surface area contributed by atoms with E-state index in [2.05, 4.69) is 10.3 Å². The minimum atomic E-state index is -0.527. The predicted molar refractivity (Wildman–Crippen MR) is 78.2 cm³/mol. The number of thiazole rings is 1. The van der Waals surface area contributed by atoms with E-state index in [1.807, 2.05) is 57.3 Å². The van der Waals surface area contributed by atoms with Gasteiger partial charge >= 0.3 is 0 Å². The normalized spacial score (nSPS) is 11.3. The zero-order valence-corrected chi connectivity index (χ0v) is 12.3. The maximum Gasteiger partial charge on any atom is 0.230 e. The Morgan fingerprint density at radius 1 is 1.32 bits per heavy atom. The van der Waals surface area contributed by atoms with Gasteiger partial charge in [0.15, 0.2) is 0 Å². The topological polar surface area (TPSA) is 42.0 Å². The molecule has 1 amide bonds. The number of nitrogens with zero attached hydrogens (tertiary/aromatic N) is 1. The van der Waals surface area contributed by atoms with Crippen LogP contribution in [-0.2, 0) is 16.8 Å². The molecule has 0 radical (unpaired) electrons. The highest BCUT2D eigenvalue weighted by Crippen LogP contribution is 2.23. The number of aromatic nitrogens is 1. The van der Waals surface area contributed by atoms with E-state index in [9.17, 15) is 4.79 Å². The zero-order chi connectivity index (χ0) is 13.9. The Bertz CT molecular complexity index is 561. The molecular weight excluding hydrogens is 256 g/mol. The predicted octanol–water partition coefficient (Wildman–Crippen LogP) is 3.05. The van der Waals surface area contributed by atoms with E-state index in [0.717, 1.165) is 15.4 Å². The van der Waals surface area contributed by atoms with Gasteiger partial charge in [0.2, 0.25) is 5.91 Å². The van der Waals surface area contributed by atoms with E-state index >= 15 is 0 Å². The van der Waals surface area contributed by atoms with Crippen LogP contribution in [0.15, 0.2) is 36.5 Å². The molecule has 0 saturated heterocycles. The maximum absolute atomic E-state index is 12.3. The fourth-order valence-electron chi connectivity index (χ4n) is 1.86. The number of amides is 1. The highest BCUT2D eigenvalue weighted by Gasteiger charge is 2.29. The van der Waals surface area contributed by atoms with Crippen molar-refractivity contribution in [3.63, 3.8) is 0 Å². The highest BCUT2D eigenvalue weighted by atomic mass is 32.1. The van der Waals surface area contributed by atoms with Gasteiger partial charge in [0.1, 0.15) is 0 Å². The summed E-state index contributed by atoms with van der Waals surface area (Å²) in [5.74, 6) is 0.0322. The van der Waals surface area contributed by atoms with Crippen LogP contribution < -0.4 is 5.32 Å². The number of carbonyl (C=O) groups is 1. The first-order valence-corrected chi connectivity index (χ1v) is 7.07. The van der Waals surface area contributed by atoms with Crippen molar-refractivity contribution in [3.05, 3.63) is 52.0 Å². The molecular formula is C15H18N2OS. The number of aryl methyl sites for hydroxylation is 1. The molecule has 4 heteroatoms. The molecule has 0 fully saturated rings. The first kappa shape index (κ1) is 13.7. The quantitative estimate of drug-likeness (QED) is 0.931. The Hall–Kier alpha value is -1.68.